The van der Waals surface area contributed by atoms with Crippen LogP contribution < -0.4 is 0 Å². The van der Waals surface area contributed by atoms with Crippen molar-refractivity contribution in [1.29, 1.82) is 0 Å². The van der Waals surface area contributed by atoms with Gasteiger partial charge < -0.3 is 19.5 Å². The van der Waals surface area contributed by atoms with Crippen LogP contribution in [0.5, 0.6) is 0 Å². The Morgan fingerprint density at radius 1 is 1.38 bits per heavy atom. The molecule has 0 spiro atoms. The molecule has 0 radical (unpaired) electrons. The first-order chi connectivity index (χ1) is 9.70. The van der Waals surface area contributed by atoms with E-state index in [4.69, 9.17) is 9.47 Å². The fourth-order valence-corrected chi connectivity index (χ4v) is 2.56. The van der Waals surface area contributed by atoms with Crippen LogP contribution in [0.3, 0.4) is 0 Å². The largest absolute Gasteiger partial charge is 0.465 e. The van der Waals surface area contributed by atoms with Gasteiger partial charge in [-0.05, 0) is 19.3 Å². The van der Waals surface area contributed by atoms with E-state index >= 15 is 0 Å². The third kappa shape index (κ3) is 4.68. The predicted octanol–water partition coefficient (Wildman–Crippen LogP) is 0.820. The van der Waals surface area contributed by atoms with Crippen LogP contribution in [-0.4, -0.2) is 60.4 Å². The zero-order valence-corrected chi connectivity index (χ0v) is 13.6. The highest BCUT2D eigenvalue weighted by Crippen LogP contribution is 2.30. The summed E-state index contributed by atoms with van der Waals surface area (Å²) in [7, 11) is 0. The first-order valence-electron chi connectivity index (χ1n) is 7.42. The van der Waals surface area contributed by atoms with Crippen molar-refractivity contribution >= 4 is 11.9 Å². The Balaban J connectivity index is 2.92. The van der Waals surface area contributed by atoms with Gasteiger partial charge in [0.05, 0.1) is 25.4 Å². The summed E-state index contributed by atoms with van der Waals surface area (Å²) >= 11 is 0. The van der Waals surface area contributed by atoms with Gasteiger partial charge in [0.1, 0.15) is 5.92 Å². The molecule has 6 nitrogen and oxygen atoms in total. The number of carbonyl (C=O) groups excluding carboxylic acids is 2. The normalized spacial score (nSPS) is 24.6. The molecule has 0 aromatic rings. The number of nitrogens with zero attached hydrogens (tertiary/aromatic N) is 1. The van der Waals surface area contributed by atoms with E-state index in [9.17, 15) is 14.7 Å². The molecule has 1 saturated heterocycles. The monoisotopic (exact) mass is 301 g/mol. The van der Waals surface area contributed by atoms with Crippen molar-refractivity contribution in [3.8, 4) is 0 Å². The predicted molar refractivity (Wildman–Crippen MR) is 77.6 cm³/mol. The average molecular weight is 301 g/mol. The summed E-state index contributed by atoms with van der Waals surface area (Å²) in [6.07, 6.45) is -0.567. The highest BCUT2D eigenvalue weighted by atomic mass is 16.5. The Morgan fingerprint density at radius 3 is 2.48 bits per heavy atom. The van der Waals surface area contributed by atoms with Crippen LogP contribution in [0.4, 0.5) is 0 Å². The van der Waals surface area contributed by atoms with Gasteiger partial charge in [0.15, 0.2) is 0 Å². The average Bonchev–Trinajstić information content (AvgIpc) is 2.36. The smallest absolute Gasteiger partial charge is 0.319 e. The maximum absolute atomic E-state index is 12.8. The van der Waals surface area contributed by atoms with E-state index in [2.05, 4.69) is 0 Å². The summed E-state index contributed by atoms with van der Waals surface area (Å²) in [6.45, 7) is 9.93. The molecule has 0 aromatic carbocycles. The van der Waals surface area contributed by atoms with Crippen LogP contribution in [0.25, 0.3) is 0 Å². The molecular weight excluding hydrogens is 274 g/mol. The number of carbonyl (C=O) groups is 2. The van der Waals surface area contributed by atoms with Crippen molar-refractivity contribution in [2.45, 2.75) is 46.8 Å². The number of rotatable bonds is 4. The fraction of sp³-hybridized carbons (Fsp3) is 0.867. The van der Waals surface area contributed by atoms with Gasteiger partial charge in [-0.25, -0.2) is 0 Å². The summed E-state index contributed by atoms with van der Waals surface area (Å²) in [5, 5.41) is 9.25. The molecule has 1 aliphatic rings. The van der Waals surface area contributed by atoms with Gasteiger partial charge in [-0.3, -0.25) is 9.59 Å². The topological polar surface area (TPSA) is 76.1 Å². The van der Waals surface area contributed by atoms with Crippen LogP contribution in [0, 0.1) is 11.3 Å². The molecule has 1 aliphatic heterocycles. The Bertz CT molecular complexity index is 377. The summed E-state index contributed by atoms with van der Waals surface area (Å²) in [5.41, 5.74) is -0.528. The van der Waals surface area contributed by atoms with Crippen molar-refractivity contribution in [3.63, 3.8) is 0 Å². The Labute approximate surface area is 126 Å². The van der Waals surface area contributed by atoms with Gasteiger partial charge in [-0.15, -0.1) is 0 Å². The zero-order valence-electron chi connectivity index (χ0n) is 13.6. The van der Waals surface area contributed by atoms with E-state index in [0.29, 0.717) is 13.1 Å². The number of aliphatic hydroxyl groups is 1. The zero-order chi connectivity index (χ0) is 16.2. The lowest BCUT2D eigenvalue weighted by Crippen LogP contribution is -2.54. The molecule has 3 atom stereocenters. The van der Waals surface area contributed by atoms with E-state index in [0.717, 1.165) is 0 Å². The van der Waals surface area contributed by atoms with Gasteiger partial charge in [-0.2, -0.15) is 0 Å². The molecular formula is C15H27NO5. The molecule has 1 N–H and O–H groups in total. The van der Waals surface area contributed by atoms with Gasteiger partial charge >= 0.3 is 5.97 Å². The van der Waals surface area contributed by atoms with Gasteiger partial charge in [0.25, 0.3) is 0 Å². The summed E-state index contributed by atoms with van der Waals surface area (Å²) < 4.78 is 10.6. The van der Waals surface area contributed by atoms with Crippen molar-refractivity contribution in [2.24, 2.45) is 11.3 Å². The van der Waals surface area contributed by atoms with Crippen molar-refractivity contribution in [3.05, 3.63) is 0 Å². The van der Waals surface area contributed by atoms with E-state index in [1.165, 1.54) is 0 Å². The van der Waals surface area contributed by atoms with Gasteiger partial charge in [0, 0.05) is 13.1 Å². The number of esters is 1. The van der Waals surface area contributed by atoms with Crippen molar-refractivity contribution in [1.82, 2.24) is 4.90 Å². The van der Waals surface area contributed by atoms with Crippen LogP contribution in [-0.2, 0) is 19.1 Å². The molecule has 1 fully saturated rings. The van der Waals surface area contributed by atoms with Gasteiger partial charge in [-0.1, -0.05) is 20.8 Å². The Morgan fingerprint density at radius 2 is 2.00 bits per heavy atom. The summed E-state index contributed by atoms with van der Waals surface area (Å²) in [5.74, 6) is -1.59. The second kappa shape index (κ2) is 7.22. The van der Waals surface area contributed by atoms with E-state index in [1.807, 2.05) is 27.7 Å². The summed E-state index contributed by atoms with van der Waals surface area (Å²) in [6, 6.07) is 0. The number of hydrogen-bond acceptors (Lipinski definition) is 5. The molecule has 6 heteroatoms. The first kappa shape index (κ1) is 17.9. The molecule has 1 amide bonds. The van der Waals surface area contributed by atoms with E-state index in [-0.39, 0.29) is 25.2 Å². The molecule has 3 unspecified atom stereocenters. The standard InChI is InChI=1S/C15H27NO5/c1-6-20-14(19)12(15(3,4)5)13(18)16-7-10(2)21-11(8-16)9-17/h10-12,17H,6-9H2,1-5H3. The van der Waals surface area contributed by atoms with Crippen molar-refractivity contribution in [2.75, 3.05) is 26.3 Å². The minimum absolute atomic E-state index is 0.145. The lowest BCUT2D eigenvalue weighted by atomic mass is 9.79. The number of ether oxygens (including phenoxy) is 2. The van der Waals surface area contributed by atoms with Crippen LogP contribution in [0.15, 0.2) is 0 Å². The number of aliphatic hydroxyl groups excluding tert-OH is 1. The second-order valence-corrected chi connectivity index (χ2v) is 6.55. The molecule has 122 valence electrons. The Kier molecular flexibility index (Phi) is 6.16. The van der Waals surface area contributed by atoms with E-state index < -0.39 is 23.4 Å². The number of hydrogen-bond donors (Lipinski definition) is 1. The molecule has 1 rings (SSSR count). The maximum Gasteiger partial charge on any atom is 0.319 e. The van der Waals surface area contributed by atoms with Crippen LogP contribution in [0.2, 0.25) is 0 Å². The lowest BCUT2D eigenvalue weighted by molar-refractivity contribution is -0.167. The SMILES string of the molecule is CCOC(=O)C(C(=O)N1CC(C)OC(CO)C1)C(C)(C)C. The molecule has 1 heterocycles. The van der Waals surface area contributed by atoms with Crippen LogP contribution >= 0.6 is 0 Å². The summed E-state index contributed by atoms with van der Waals surface area (Å²) in [4.78, 5) is 26.5. The quantitative estimate of drug-likeness (QED) is 0.614. The van der Waals surface area contributed by atoms with Crippen molar-refractivity contribution < 1.29 is 24.2 Å². The first-order valence-corrected chi connectivity index (χ1v) is 7.42. The number of amides is 1. The minimum Gasteiger partial charge on any atom is -0.465 e. The highest BCUT2D eigenvalue weighted by Gasteiger charge is 2.43. The fourth-order valence-electron chi connectivity index (χ4n) is 2.56. The number of morpholine rings is 1. The molecule has 0 bridgehead atoms. The molecule has 0 aromatic heterocycles. The molecule has 0 aliphatic carbocycles. The molecule has 0 saturated carbocycles. The second-order valence-electron chi connectivity index (χ2n) is 6.55. The third-order valence-corrected chi connectivity index (χ3v) is 3.48. The Hall–Kier alpha value is -1.14. The lowest BCUT2D eigenvalue weighted by Gasteiger charge is -2.39. The third-order valence-electron chi connectivity index (χ3n) is 3.48. The maximum atomic E-state index is 12.8. The van der Waals surface area contributed by atoms with E-state index in [1.54, 1.807) is 11.8 Å². The highest BCUT2D eigenvalue weighted by molar-refractivity contribution is 5.98. The van der Waals surface area contributed by atoms with Crippen LogP contribution in [0.1, 0.15) is 34.6 Å². The van der Waals surface area contributed by atoms with Gasteiger partial charge in [0.2, 0.25) is 5.91 Å². The minimum atomic E-state index is -0.845. The molecule has 21 heavy (non-hydrogen) atoms.